The molecule has 0 saturated carbocycles. The third kappa shape index (κ3) is 3.77. The minimum atomic E-state index is -1.03. The number of carboxylic acid groups (broad SMARTS) is 2. The summed E-state index contributed by atoms with van der Waals surface area (Å²) in [5, 5.41) is 20.0. The number of methoxy groups -OCH3 is 1. The maximum absolute atomic E-state index is 11.8. The van der Waals surface area contributed by atoms with Crippen LogP contribution >= 0.6 is 0 Å². The molecule has 3 aromatic rings. The molecule has 6 heteroatoms. The minimum Gasteiger partial charge on any atom is -0.496 e. The number of allylic oxidation sites excluding steroid dienone is 1. The number of unbranched alkanes of at least 4 members (excludes halogenated alkanes) is 1. The molecule has 0 unspecified atom stereocenters. The van der Waals surface area contributed by atoms with E-state index < -0.39 is 11.9 Å². The minimum absolute atomic E-state index is 0.148. The van der Waals surface area contributed by atoms with E-state index >= 15 is 0 Å². The second-order valence-electron chi connectivity index (χ2n) is 8.09. The molecule has 0 saturated heterocycles. The third-order valence-electron chi connectivity index (χ3n) is 6.13. The fraction of sp³-hybridized carbons (Fsp3) is 0.308. The Morgan fingerprint density at radius 2 is 1.97 bits per heavy atom. The van der Waals surface area contributed by atoms with Gasteiger partial charge in [-0.05, 0) is 55.0 Å². The molecule has 2 aromatic carbocycles. The van der Waals surface area contributed by atoms with Gasteiger partial charge < -0.3 is 19.5 Å². The molecule has 0 aliphatic heterocycles. The zero-order chi connectivity index (χ0) is 22.8. The van der Waals surface area contributed by atoms with Crippen molar-refractivity contribution in [3.05, 3.63) is 70.4 Å². The highest BCUT2D eigenvalue weighted by Gasteiger charge is 2.26. The van der Waals surface area contributed by atoms with Crippen LogP contribution in [0.5, 0.6) is 5.75 Å². The van der Waals surface area contributed by atoms with Gasteiger partial charge in [0.2, 0.25) is 0 Å². The van der Waals surface area contributed by atoms with Crippen molar-refractivity contribution in [1.82, 2.24) is 4.57 Å². The van der Waals surface area contributed by atoms with Gasteiger partial charge in [-0.15, -0.1) is 0 Å². The van der Waals surface area contributed by atoms with E-state index in [4.69, 9.17) is 4.74 Å². The van der Waals surface area contributed by atoms with Crippen molar-refractivity contribution in [2.45, 2.75) is 45.6 Å². The second kappa shape index (κ2) is 8.91. The normalized spacial score (nSPS) is 13.0. The lowest BCUT2D eigenvalue weighted by Crippen LogP contribution is -2.13. The average molecular weight is 434 g/mol. The number of rotatable bonds is 8. The summed E-state index contributed by atoms with van der Waals surface area (Å²) in [7, 11) is 1.67. The molecule has 4 rings (SSSR count). The van der Waals surface area contributed by atoms with Crippen molar-refractivity contribution in [2.24, 2.45) is 0 Å². The van der Waals surface area contributed by atoms with E-state index in [0.29, 0.717) is 11.9 Å². The average Bonchev–Trinajstić information content (AvgIpc) is 3.08. The molecule has 0 spiro atoms. The SMILES string of the molecule is CCCCc1c(C2=CCCc3c(OC)cccc32)c2ccc(C(=O)O)cc2n1CC(=O)O. The van der Waals surface area contributed by atoms with Crippen LogP contribution in [0, 0.1) is 0 Å². The molecule has 32 heavy (non-hydrogen) atoms. The maximum atomic E-state index is 11.8. The number of nitrogens with zero attached hydrogens (tertiary/aromatic N) is 1. The van der Waals surface area contributed by atoms with Crippen molar-refractivity contribution in [2.75, 3.05) is 7.11 Å². The highest BCUT2D eigenvalue weighted by Crippen LogP contribution is 2.42. The lowest BCUT2D eigenvalue weighted by molar-refractivity contribution is -0.137. The molecule has 0 radical (unpaired) electrons. The van der Waals surface area contributed by atoms with Crippen LogP contribution in [0.1, 0.15) is 58.9 Å². The molecule has 0 fully saturated rings. The number of aliphatic carboxylic acids is 1. The van der Waals surface area contributed by atoms with Gasteiger partial charge in [0.15, 0.2) is 0 Å². The van der Waals surface area contributed by atoms with Crippen LogP contribution < -0.4 is 4.74 Å². The number of aromatic nitrogens is 1. The van der Waals surface area contributed by atoms with Crippen LogP contribution in [0.4, 0.5) is 0 Å². The van der Waals surface area contributed by atoms with Crippen molar-refractivity contribution in [1.29, 1.82) is 0 Å². The topological polar surface area (TPSA) is 88.8 Å². The number of fused-ring (bicyclic) bond motifs is 2. The first kappa shape index (κ1) is 21.7. The lowest BCUT2D eigenvalue weighted by atomic mass is 9.84. The number of hydrogen-bond acceptors (Lipinski definition) is 3. The summed E-state index contributed by atoms with van der Waals surface area (Å²) >= 11 is 0. The van der Waals surface area contributed by atoms with E-state index in [9.17, 15) is 19.8 Å². The Bertz CT molecular complexity index is 1230. The number of carboxylic acids is 2. The van der Waals surface area contributed by atoms with Crippen LogP contribution in [0.25, 0.3) is 16.5 Å². The number of aromatic carboxylic acids is 1. The maximum Gasteiger partial charge on any atom is 0.335 e. The first-order valence-corrected chi connectivity index (χ1v) is 10.9. The Morgan fingerprint density at radius 1 is 1.16 bits per heavy atom. The van der Waals surface area contributed by atoms with E-state index in [2.05, 4.69) is 19.1 Å². The zero-order valence-electron chi connectivity index (χ0n) is 18.4. The molecule has 1 aliphatic carbocycles. The molecule has 0 atom stereocenters. The first-order chi connectivity index (χ1) is 15.5. The molecular weight excluding hydrogens is 406 g/mol. The molecule has 2 N–H and O–H groups in total. The molecule has 1 aliphatic rings. The van der Waals surface area contributed by atoms with E-state index in [1.165, 1.54) is 0 Å². The summed E-state index contributed by atoms with van der Waals surface area (Å²) < 4.78 is 7.39. The zero-order valence-corrected chi connectivity index (χ0v) is 18.4. The van der Waals surface area contributed by atoms with Crippen LogP contribution in [0.2, 0.25) is 0 Å². The quantitative estimate of drug-likeness (QED) is 0.513. The summed E-state index contributed by atoms with van der Waals surface area (Å²) in [4.78, 5) is 23.4. The summed E-state index contributed by atoms with van der Waals surface area (Å²) in [6, 6.07) is 11.0. The Kier molecular flexibility index (Phi) is 6.04. The van der Waals surface area contributed by atoms with Crippen LogP contribution in [-0.4, -0.2) is 33.8 Å². The molecule has 0 bridgehead atoms. The predicted molar refractivity (Wildman–Crippen MR) is 124 cm³/mol. The molecule has 166 valence electrons. The lowest BCUT2D eigenvalue weighted by Gasteiger charge is -2.21. The van der Waals surface area contributed by atoms with Gasteiger partial charge in [0, 0.05) is 22.2 Å². The van der Waals surface area contributed by atoms with Gasteiger partial charge in [-0.25, -0.2) is 4.79 Å². The summed E-state index contributed by atoms with van der Waals surface area (Å²) in [5.41, 5.74) is 6.03. The van der Waals surface area contributed by atoms with Gasteiger partial charge in [-0.3, -0.25) is 4.79 Å². The molecule has 1 heterocycles. The molecule has 0 amide bonds. The van der Waals surface area contributed by atoms with Gasteiger partial charge >= 0.3 is 11.9 Å². The molecule has 1 aromatic heterocycles. The van der Waals surface area contributed by atoms with Crippen molar-refractivity contribution < 1.29 is 24.5 Å². The fourth-order valence-electron chi connectivity index (χ4n) is 4.73. The van der Waals surface area contributed by atoms with E-state index in [1.54, 1.807) is 23.8 Å². The third-order valence-corrected chi connectivity index (χ3v) is 6.13. The van der Waals surface area contributed by atoms with Crippen LogP contribution in [0.15, 0.2) is 42.5 Å². The van der Waals surface area contributed by atoms with Crippen LogP contribution in [0.3, 0.4) is 0 Å². The molecule has 6 nitrogen and oxygen atoms in total. The van der Waals surface area contributed by atoms with Gasteiger partial charge in [-0.1, -0.05) is 37.6 Å². The van der Waals surface area contributed by atoms with E-state index in [-0.39, 0.29) is 12.1 Å². The summed E-state index contributed by atoms with van der Waals surface area (Å²) in [6.07, 6.45) is 6.54. The summed E-state index contributed by atoms with van der Waals surface area (Å²) in [5.74, 6) is -1.13. The number of carbonyl (C=O) groups is 2. The predicted octanol–water partition coefficient (Wildman–Crippen LogP) is 5.15. The van der Waals surface area contributed by atoms with E-state index in [1.807, 2.05) is 18.2 Å². The summed E-state index contributed by atoms with van der Waals surface area (Å²) in [6.45, 7) is 1.89. The Balaban J connectivity index is 2.04. The molecular formula is C26H27NO5. The van der Waals surface area contributed by atoms with Crippen molar-refractivity contribution in [3.8, 4) is 5.75 Å². The van der Waals surface area contributed by atoms with Gasteiger partial charge in [-0.2, -0.15) is 0 Å². The van der Waals surface area contributed by atoms with Crippen molar-refractivity contribution in [3.63, 3.8) is 0 Å². The Morgan fingerprint density at radius 3 is 2.66 bits per heavy atom. The Hall–Kier alpha value is -3.54. The van der Waals surface area contributed by atoms with Gasteiger partial charge in [0.05, 0.1) is 18.2 Å². The van der Waals surface area contributed by atoms with Crippen LogP contribution in [-0.2, 0) is 24.2 Å². The van der Waals surface area contributed by atoms with Gasteiger partial charge in [0.25, 0.3) is 0 Å². The monoisotopic (exact) mass is 433 g/mol. The fourth-order valence-corrected chi connectivity index (χ4v) is 4.73. The largest absolute Gasteiger partial charge is 0.496 e. The number of benzene rings is 2. The highest BCUT2D eigenvalue weighted by molar-refractivity contribution is 6.03. The number of hydrogen-bond donors (Lipinski definition) is 2. The Labute approximate surface area is 186 Å². The number of ether oxygens (including phenoxy) is 1. The standard InChI is InChI=1S/C26H27NO5/c1-3-4-10-21-25(19-9-5-8-18-17(19)7-6-11-23(18)32-2)20-13-12-16(26(30)31)14-22(20)27(21)15-24(28)29/h6-7,9,11-14H,3-5,8,10,15H2,1-2H3,(H,28,29)(H,30,31). The second-order valence-corrected chi connectivity index (χ2v) is 8.09. The highest BCUT2D eigenvalue weighted by atomic mass is 16.5. The van der Waals surface area contributed by atoms with E-state index in [0.717, 1.165) is 64.8 Å². The van der Waals surface area contributed by atoms with Gasteiger partial charge in [0.1, 0.15) is 12.3 Å². The van der Waals surface area contributed by atoms with Crippen molar-refractivity contribution >= 4 is 28.4 Å². The smallest absolute Gasteiger partial charge is 0.335 e. The first-order valence-electron chi connectivity index (χ1n) is 10.9.